The third kappa shape index (κ3) is 4.71. The van der Waals surface area contributed by atoms with Crippen molar-refractivity contribution in [3.8, 4) is 0 Å². The second-order valence-electron chi connectivity index (χ2n) is 7.45. The van der Waals surface area contributed by atoms with Gasteiger partial charge in [0.2, 0.25) is 0 Å². The molecule has 1 N–H and O–H groups in total. The first-order valence-corrected chi connectivity index (χ1v) is 11.7. The Morgan fingerprint density at radius 1 is 1.27 bits per heavy atom. The number of allylic oxidation sites excluding steroid dienone is 4. The molecule has 6 heteroatoms. The van der Waals surface area contributed by atoms with Crippen LogP contribution in [0, 0.1) is 5.92 Å². The van der Waals surface area contributed by atoms with E-state index in [4.69, 9.17) is 9.73 Å². The monoisotopic (exact) mass is 423 g/mol. The lowest BCUT2D eigenvalue weighted by atomic mass is 10.1. The molecule has 158 valence electrons. The van der Waals surface area contributed by atoms with Crippen molar-refractivity contribution in [3.63, 3.8) is 0 Å². The summed E-state index contributed by atoms with van der Waals surface area (Å²) in [5.74, 6) is 0.986. The minimum Gasteiger partial charge on any atom is -0.378 e. The van der Waals surface area contributed by atoms with Gasteiger partial charge in [-0.05, 0) is 35.6 Å². The average Bonchev–Trinajstić information content (AvgIpc) is 3.26. The number of carbonyl (C=O) groups is 1. The van der Waals surface area contributed by atoms with E-state index in [9.17, 15) is 4.79 Å². The number of fused-ring (bicyclic) bond motifs is 2. The van der Waals surface area contributed by atoms with Gasteiger partial charge in [0.1, 0.15) is 5.37 Å². The Kier molecular flexibility index (Phi) is 6.75. The van der Waals surface area contributed by atoms with Gasteiger partial charge in [-0.15, -0.1) is 11.8 Å². The van der Waals surface area contributed by atoms with Crippen molar-refractivity contribution in [1.29, 1.82) is 0 Å². The molecular weight excluding hydrogens is 394 g/mol. The van der Waals surface area contributed by atoms with E-state index in [-0.39, 0.29) is 11.3 Å². The summed E-state index contributed by atoms with van der Waals surface area (Å²) in [6, 6.07) is 5.84. The topological polar surface area (TPSA) is 53.9 Å². The SMILES string of the molecule is C1=CC2CC2=C1.CC.O=C(c1ccc2c(c1)CC(C1NC=CS1)=N2)N1CCOCC1. The maximum absolute atomic E-state index is 12.5. The van der Waals surface area contributed by atoms with Gasteiger partial charge in [-0.3, -0.25) is 9.79 Å². The first kappa shape index (κ1) is 20.9. The Balaban J connectivity index is 0.000000228. The van der Waals surface area contributed by atoms with Gasteiger partial charge in [-0.1, -0.05) is 37.6 Å². The van der Waals surface area contributed by atoms with Crippen LogP contribution >= 0.6 is 11.8 Å². The number of carbonyl (C=O) groups excluding carboxylic acids is 1. The van der Waals surface area contributed by atoms with Crippen LogP contribution in [0.15, 0.2) is 58.6 Å². The molecule has 0 spiro atoms. The lowest BCUT2D eigenvalue weighted by Gasteiger charge is -2.27. The van der Waals surface area contributed by atoms with Crippen LogP contribution in [0.5, 0.6) is 0 Å². The number of nitrogens with one attached hydrogen (secondary N) is 1. The average molecular weight is 424 g/mol. The fraction of sp³-hybridized carbons (Fsp3) is 0.417. The molecule has 3 aliphatic heterocycles. The van der Waals surface area contributed by atoms with Crippen LogP contribution in [0.2, 0.25) is 0 Å². The molecule has 5 nitrogen and oxygen atoms in total. The molecule has 0 radical (unpaired) electrons. The van der Waals surface area contributed by atoms with E-state index in [0.717, 1.165) is 34.9 Å². The minimum absolute atomic E-state index is 0.0922. The Morgan fingerprint density at radius 3 is 2.70 bits per heavy atom. The van der Waals surface area contributed by atoms with Crippen LogP contribution in [0.4, 0.5) is 5.69 Å². The quantitative estimate of drug-likeness (QED) is 0.764. The van der Waals surface area contributed by atoms with Crippen LogP contribution < -0.4 is 5.32 Å². The van der Waals surface area contributed by atoms with Gasteiger partial charge < -0.3 is 15.0 Å². The summed E-state index contributed by atoms with van der Waals surface area (Å²) in [4.78, 5) is 19.1. The molecule has 2 aliphatic carbocycles. The van der Waals surface area contributed by atoms with Crippen LogP contribution in [0.25, 0.3) is 0 Å². The van der Waals surface area contributed by atoms with Crippen molar-refractivity contribution in [2.75, 3.05) is 26.3 Å². The number of amides is 1. The zero-order valence-electron chi connectivity index (χ0n) is 17.6. The lowest BCUT2D eigenvalue weighted by Crippen LogP contribution is -2.40. The maximum atomic E-state index is 12.5. The molecule has 1 aromatic carbocycles. The largest absolute Gasteiger partial charge is 0.378 e. The molecule has 2 fully saturated rings. The Morgan fingerprint density at radius 2 is 2.10 bits per heavy atom. The molecule has 30 heavy (non-hydrogen) atoms. The molecule has 5 aliphatic rings. The fourth-order valence-electron chi connectivity index (χ4n) is 3.81. The van der Waals surface area contributed by atoms with Gasteiger partial charge >= 0.3 is 0 Å². The highest BCUT2D eigenvalue weighted by Crippen LogP contribution is 2.42. The number of morpholine rings is 1. The summed E-state index contributed by atoms with van der Waals surface area (Å²) in [6.45, 7) is 6.60. The Hall–Kier alpha value is -2.31. The highest BCUT2D eigenvalue weighted by Gasteiger charge is 2.28. The third-order valence-electron chi connectivity index (χ3n) is 5.52. The van der Waals surface area contributed by atoms with Crippen molar-refractivity contribution >= 4 is 29.1 Å². The zero-order valence-corrected chi connectivity index (χ0v) is 18.5. The predicted molar refractivity (Wildman–Crippen MR) is 124 cm³/mol. The van der Waals surface area contributed by atoms with Gasteiger partial charge in [-0.2, -0.15) is 0 Å². The number of rotatable bonds is 2. The summed E-state index contributed by atoms with van der Waals surface area (Å²) in [5.41, 5.74) is 5.64. The number of benzene rings is 1. The van der Waals surface area contributed by atoms with Crippen molar-refractivity contribution in [3.05, 3.63) is 64.7 Å². The van der Waals surface area contributed by atoms with Crippen molar-refractivity contribution in [1.82, 2.24) is 10.2 Å². The molecule has 0 bridgehead atoms. The summed E-state index contributed by atoms with van der Waals surface area (Å²) < 4.78 is 5.30. The molecule has 1 saturated carbocycles. The molecule has 1 amide bonds. The fourth-order valence-corrected chi connectivity index (χ4v) is 4.57. The van der Waals surface area contributed by atoms with E-state index in [1.165, 1.54) is 6.42 Å². The number of ether oxygens (including phenoxy) is 1. The number of thioether (sulfide) groups is 1. The normalized spacial score (nSPS) is 24.4. The van der Waals surface area contributed by atoms with Gasteiger partial charge in [0, 0.05) is 37.2 Å². The van der Waals surface area contributed by atoms with Crippen LogP contribution in [-0.2, 0) is 11.2 Å². The van der Waals surface area contributed by atoms with Crippen LogP contribution in [-0.4, -0.2) is 48.2 Å². The van der Waals surface area contributed by atoms with E-state index in [0.29, 0.717) is 26.3 Å². The number of aliphatic imine (C=N–C) groups is 1. The van der Waals surface area contributed by atoms with E-state index < -0.39 is 0 Å². The molecule has 1 aromatic rings. The number of nitrogens with zero attached hydrogens (tertiary/aromatic N) is 2. The summed E-state index contributed by atoms with van der Waals surface area (Å²) in [5, 5.41) is 5.56. The molecule has 0 aromatic heterocycles. The van der Waals surface area contributed by atoms with E-state index in [2.05, 4.69) is 23.5 Å². The van der Waals surface area contributed by atoms with Gasteiger partial charge in [0.15, 0.2) is 0 Å². The Labute approximate surface area is 183 Å². The van der Waals surface area contributed by atoms with E-state index in [1.54, 1.807) is 17.3 Å². The van der Waals surface area contributed by atoms with Crippen LogP contribution in [0.1, 0.15) is 36.2 Å². The lowest BCUT2D eigenvalue weighted by molar-refractivity contribution is 0.0303. The van der Waals surface area contributed by atoms with Crippen molar-refractivity contribution in [2.24, 2.45) is 10.9 Å². The Bertz CT molecular complexity index is 905. The second kappa shape index (κ2) is 9.67. The molecular formula is C24H29N3O2S. The standard InChI is InChI=1S/C16H17N3O2S.C6H6.C2H6/c20-16(19-4-6-21-7-5-19)11-1-2-13-12(9-11)10-14(18-13)15-17-3-8-22-15;1-2-5-4-6(5)3-1;1-2/h1-3,8-9,15,17H,4-7,10H2;1-3,5H,4H2;1-2H3. The number of hydrogen-bond donors (Lipinski definition) is 1. The van der Waals surface area contributed by atoms with E-state index in [1.807, 2.05) is 48.6 Å². The second-order valence-corrected chi connectivity index (χ2v) is 8.47. The first-order chi connectivity index (χ1) is 14.8. The molecule has 1 saturated heterocycles. The summed E-state index contributed by atoms with van der Waals surface area (Å²) in [6.07, 6.45) is 10.7. The minimum atomic E-state index is 0.0922. The third-order valence-corrected chi connectivity index (χ3v) is 6.49. The predicted octanol–water partition coefficient (Wildman–Crippen LogP) is 4.45. The first-order valence-electron chi connectivity index (χ1n) is 10.8. The van der Waals surface area contributed by atoms with Crippen molar-refractivity contribution in [2.45, 2.75) is 32.1 Å². The van der Waals surface area contributed by atoms with E-state index >= 15 is 0 Å². The summed E-state index contributed by atoms with van der Waals surface area (Å²) in [7, 11) is 0. The molecule has 3 heterocycles. The summed E-state index contributed by atoms with van der Waals surface area (Å²) >= 11 is 1.73. The smallest absolute Gasteiger partial charge is 0.254 e. The molecule has 6 rings (SSSR count). The zero-order chi connectivity index (χ0) is 20.9. The highest BCUT2D eigenvalue weighted by molar-refractivity contribution is 8.03. The van der Waals surface area contributed by atoms with Gasteiger partial charge in [0.25, 0.3) is 5.91 Å². The molecule has 2 atom stereocenters. The van der Waals surface area contributed by atoms with Crippen LogP contribution in [0.3, 0.4) is 0 Å². The van der Waals surface area contributed by atoms with Gasteiger partial charge in [0.05, 0.1) is 24.6 Å². The highest BCUT2D eigenvalue weighted by atomic mass is 32.2. The molecule has 2 unspecified atom stereocenters. The van der Waals surface area contributed by atoms with Crippen molar-refractivity contribution < 1.29 is 9.53 Å². The number of hydrogen-bond acceptors (Lipinski definition) is 5. The maximum Gasteiger partial charge on any atom is 0.254 e. The van der Waals surface area contributed by atoms with Gasteiger partial charge in [-0.25, -0.2) is 0 Å².